The van der Waals surface area contributed by atoms with Crippen LogP contribution in [0.25, 0.3) is 0 Å². The average Bonchev–Trinajstić information content (AvgIpc) is 2.59. The second-order valence-electron chi connectivity index (χ2n) is 3.22. The molecule has 0 aromatic heterocycles. The second-order valence-corrected chi connectivity index (χ2v) is 3.22. The molecule has 3 heteroatoms. The van der Waals surface area contributed by atoms with Gasteiger partial charge in [-0.15, -0.1) is 0 Å². The molecule has 1 atom stereocenters. The molecule has 13 heavy (non-hydrogen) atoms. The summed E-state index contributed by atoms with van der Waals surface area (Å²) in [6.07, 6.45) is 1.77. The minimum absolute atomic E-state index is 0.138. The van der Waals surface area contributed by atoms with Crippen molar-refractivity contribution in [3.05, 3.63) is 34.2 Å². The molecule has 0 bridgehead atoms. The Kier molecular flexibility index (Phi) is 2.00. The summed E-state index contributed by atoms with van der Waals surface area (Å²) in [5.74, 6) is 0.852. The van der Waals surface area contributed by atoms with Gasteiger partial charge < -0.3 is 4.74 Å². The number of ether oxygens (including phenoxy) is 1. The Hall–Kier alpha value is -1.38. The first-order chi connectivity index (χ1) is 6.35. The van der Waals surface area contributed by atoms with Gasteiger partial charge in [-0.25, -0.2) is 0 Å². The van der Waals surface area contributed by atoms with Crippen LogP contribution in [-0.2, 0) is 6.42 Å². The molecule has 0 N–H and O–H groups in total. The summed E-state index contributed by atoms with van der Waals surface area (Å²) in [7, 11) is 1.64. The predicted molar refractivity (Wildman–Crippen MR) is 49.9 cm³/mol. The van der Waals surface area contributed by atoms with E-state index in [1.165, 1.54) is 5.56 Å². The van der Waals surface area contributed by atoms with E-state index in [-0.39, 0.29) is 6.04 Å². The number of fused-ring (bicyclic) bond motifs is 1. The van der Waals surface area contributed by atoms with E-state index in [1.807, 2.05) is 18.2 Å². The fourth-order valence-electron chi connectivity index (χ4n) is 1.81. The fraction of sp³-hybridized carbons (Fsp3) is 0.400. The Balaban J connectivity index is 2.40. The minimum Gasteiger partial charge on any atom is -0.497 e. The molecule has 0 saturated carbocycles. The second kappa shape index (κ2) is 3.17. The van der Waals surface area contributed by atoms with Crippen LogP contribution in [0.15, 0.2) is 23.4 Å². The van der Waals surface area contributed by atoms with E-state index in [2.05, 4.69) is 5.18 Å². The van der Waals surface area contributed by atoms with Gasteiger partial charge in [-0.05, 0) is 36.1 Å². The molecule has 1 aromatic rings. The summed E-state index contributed by atoms with van der Waals surface area (Å²) < 4.78 is 5.10. The average molecular weight is 177 g/mol. The summed E-state index contributed by atoms with van der Waals surface area (Å²) in [4.78, 5) is 10.4. The van der Waals surface area contributed by atoms with Gasteiger partial charge in [0.15, 0.2) is 0 Å². The number of benzene rings is 1. The van der Waals surface area contributed by atoms with E-state index in [1.54, 1.807) is 7.11 Å². The molecule has 1 aliphatic carbocycles. The van der Waals surface area contributed by atoms with Gasteiger partial charge in [0.1, 0.15) is 11.8 Å². The number of methoxy groups -OCH3 is 1. The first-order valence-electron chi connectivity index (χ1n) is 4.34. The number of hydrogen-bond donors (Lipinski definition) is 0. The van der Waals surface area contributed by atoms with Crippen LogP contribution >= 0.6 is 0 Å². The number of hydrogen-bond acceptors (Lipinski definition) is 3. The first kappa shape index (κ1) is 8.23. The highest BCUT2D eigenvalue weighted by Gasteiger charge is 2.23. The molecule has 1 unspecified atom stereocenters. The van der Waals surface area contributed by atoms with E-state index in [0.717, 1.165) is 24.2 Å². The van der Waals surface area contributed by atoms with E-state index in [4.69, 9.17) is 4.74 Å². The smallest absolute Gasteiger partial charge is 0.119 e. The van der Waals surface area contributed by atoms with Crippen molar-refractivity contribution < 1.29 is 4.74 Å². The molecule has 0 radical (unpaired) electrons. The molecular formula is C10H11NO2. The molecule has 0 saturated heterocycles. The van der Waals surface area contributed by atoms with E-state index in [9.17, 15) is 4.91 Å². The van der Waals surface area contributed by atoms with E-state index < -0.39 is 0 Å². The van der Waals surface area contributed by atoms with Crippen LogP contribution in [0.1, 0.15) is 23.6 Å². The maximum absolute atomic E-state index is 10.4. The molecule has 0 amide bonds. The highest BCUT2D eigenvalue weighted by Crippen LogP contribution is 2.35. The summed E-state index contributed by atoms with van der Waals surface area (Å²) >= 11 is 0. The Morgan fingerprint density at radius 1 is 1.54 bits per heavy atom. The molecule has 0 heterocycles. The first-order valence-corrected chi connectivity index (χ1v) is 4.34. The van der Waals surface area contributed by atoms with Gasteiger partial charge in [0.05, 0.1) is 7.11 Å². The fourth-order valence-corrected chi connectivity index (χ4v) is 1.81. The van der Waals surface area contributed by atoms with E-state index in [0.29, 0.717) is 0 Å². The number of rotatable bonds is 2. The Morgan fingerprint density at radius 2 is 2.38 bits per heavy atom. The van der Waals surface area contributed by atoms with Crippen molar-refractivity contribution >= 4 is 0 Å². The van der Waals surface area contributed by atoms with Crippen molar-refractivity contribution in [2.24, 2.45) is 5.18 Å². The molecule has 0 fully saturated rings. The summed E-state index contributed by atoms with van der Waals surface area (Å²) in [6, 6.07) is 5.66. The highest BCUT2D eigenvalue weighted by molar-refractivity contribution is 5.40. The molecule has 1 aromatic carbocycles. The van der Waals surface area contributed by atoms with Crippen molar-refractivity contribution in [2.75, 3.05) is 7.11 Å². The van der Waals surface area contributed by atoms with Crippen LogP contribution in [0.4, 0.5) is 0 Å². The summed E-state index contributed by atoms with van der Waals surface area (Å²) in [6.45, 7) is 0. The van der Waals surface area contributed by atoms with Crippen LogP contribution in [0, 0.1) is 4.91 Å². The third kappa shape index (κ3) is 1.30. The zero-order valence-electron chi connectivity index (χ0n) is 7.49. The molecule has 0 aliphatic heterocycles. The van der Waals surface area contributed by atoms with Gasteiger partial charge in [-0.2, -0.15) is 4.91 Å². The maximum Gasteiger partial charge on any atom is 0.119 e. The van der Waals surface area contributed by atoms with Crippen LogP contribution in [0.5, 0.6) is 5.75 Å². The molecule has 1 aliphatic rings. The van der Waals surface area contributed by atoms with E-state index >= 15 is 0 Å². The van der Waals surface area contributed by atoms with Crippen LogP contribution < -0.4 is 4.74 Å². The third-order valence-electron chi connectivity index (χ3n) is 2.52. The molecule has 68 valence electrons. The lowest BCUT2D eigenvalue weighted by atomic mass is 10.1. The van der Waals surface area contributed by atoms with Gasteiger partial charge in [0.2, 0.25) is 0 Å². The molecular weight excluding hydrogens is 166 g/mol. The lowest BCUT2D eigenvalue weighted by Crippen LogP contribution is -1.89. The topological polar surface area (TPSA) is 38.7 Å². The summed E-state index contributed by atoms with van der Waals surface area (Å²) in [5, 5.41) is 3.09. The van der Waals surface area contributed by atoms with Crippen LogP contribution in [0.2, 0.25) is 0 Å². The van der Waals surface area contributed by atoms with Gasteiger partial charge in [-0.3, -0.25) is 0 Å². The van der Waals surface area contributed by atoms with Crippen molar-refractivity contribution in [1.29, 1.82) is 0 Å². The monoisotopic (exact) mass is 177 g/mol. The minimum atomic E-state index is -0.138. The quantitative estimate of drug-likeness (QED) is 0.651. The zero-order chi connectivity index (χ0) is 9.26. The Bertz CT molecular complexity index is 336. The normalized spacial score (nSPS) is 19.6. The maximum atomic E-state index is 10.4. The van der Waals surface area contributed by atoms with Crippen LogP contribution in [-0.4, -0.2) is 7.11 Å². The lowest BCUT2D eigenvalue weighted by molar-refractivity contribution is 0.414. The number of nitrogens with zero attached hydrogens (tertiary/aromatic N) is 1. The van der Waals surface area contributed by atoms with Crippen molar-refractivity contribution in [1.82, 2.24) is 0 Å². The standard InChI is InChI=1S/C10H11NO2/c1-13-8-3-4-9-7(6-8)2-5-10(9)11-12/h3-4,6,10H,2,5H2,1H3. The SMILES string of the molecule is COc1ccc2c(c1)CCC2N=O. The predicted octanol–water partition coefficient (Wildman–Crippen LogP) is 2.45. The molecule has 3 nitrogen and oxygen atoms in total. The Morgan fingerprint density at radius 3 is 3.08 bits per heavy atom. The molecule has 0 spiro atoms. The van der Waals surface area contributed by atoms with Gasteiger partial charge in [0, 0.05) is 0 Å². The summed E-state index contributed by atoms with van der Waals surface area (Å²) in [5.41, 5.74) is 2.26. The van der Waals surface area contributed by atoms with Gasteiger partial charge >= 0.3 is 0 Å². The highest BCUT2D eigenvalue weighted by atomic mass is 16.5. The van der Waals surface area contributed by atoms with Crippen LogP contribution in [0.3, 0.4) is 0 Å². The van der Waals surface area contributed by atoms with Crippen molar-refractivity contribution in [3.8, 4) is 5.75 Å². The van der Waals surface area contributed by atoms with Crippen molar-refractivity contribution in [2.45, 2.75) is 18.9 Å². The Labute approximate surface area is 76.7 Å². The third-order valence-corrected chi connectivity index (χ3v) is 2.52. The number of aryl methyl sites for hydroxylation is 1. The van der Waals surface area contributed by atoms with Gasteiger partial charge in [0.25, 0.3) is 0 Å². The largest absolute Gasteiger partial charge is 0.497 e. The lowest BCUT2D eigenvalue weighted by Gasteiger charge is -2.04. The zero-order valence-corrected chi connectivity index (χ0v) is 7.49. The molecule has 2 rings (SSSR count). The number of nitroso groups, excluding NO2 is 1. The van der Waals surface area contributed by atoms with Crippen molar-refractivity contribution in [3.63, 3.8) is 0 Å². The van der Waals surface area contributed by atoms with Gasteiger partial charge in [-0.1, -0.05) is 11.2 Å².